The van der Waals surface area contributed by atoms with Crippen LogP contribution in [0, 0.1) is 27.7 Å². The van der Waals surface area contributed by atoms with Crippen molar-refractivity contribution in [2.24, 2.45) is 0 Å². The van der Waals surface area contributed by atoms with Gasteiger partial charge in [-0.3, -0.25) is 9.71 Å². The van der Waals surface area contributed by atoms with E-state index in [2.05, 4.69) is 4.72 Å². The molecule has 0 saturated carbocycles. The lowest BCUT2D eigenvalue weighted by Gasteiger charge is -2.31. The number of rotatable bonds is 7. The first-order valence-corrected chi connectivity index (χ1v) is 16.1. The second kappa shape index (κ2) is 11.0. The molecule has 8 nitrogen and oxygen atoms in total. The zero-order valence-corrected chi connectivity index (χ0v) is 26.7. The zero-order chi connectivity index (χ0) is 31.4. The maximum absolute atomic E-state index is 13.0. The molecule has 2 heterocycles. The van der Waals surface area contributed by atoms with E-state index < -0.39 is 27.7 Å². The Balaban J connectivity index is 1.99. The van der Waals surface area contributed by atoms with Crippen LogP contribution in [0.25, 0.3) is 33.2 Å². The number of nitrogens with zero attached hydrogens (tertiary/aromatic N) is 1. The predicted octanol–water partition coefficient (Wildman–Crippen LogP) is 7.05. The van der Waals surface area contributed by atoms with Gasteiger partial charge in [0.15, 0.2) is 6.10 Å². The first-order valence-electron chi connectivity index (χ1n) is 14.2. The number of aliphatic carboxylic acids is 1. The number of carboxylic acid groups (broad SMARTS) is 1. The molecule has 3 aromatic carbocycles. The van der Waals surface area contributed by atoms with Gasteiger partial charge in [-0.25, -0.2) is 13.2 Å². The van der Waals surface area contributed by atoms with Crippen LogP contribution in [0.4, 0.5) is 5.69 Å². The summed E-state index contributed by atoms with van der Waals surface area (Å²) in [6, 6.07) is 11.8. The topological polar surface area (TPSA) is 115 Å². The Labute approximate surface area is 253 Å². The van der Waals surface area contributed by atoms with Crippen LogP contribution < -0.4 is 9.46 Å². The number of anilines is 1. The molecule has 0 radical (unpaired) electrons. The normalized spacial score (nSPS) is 14.0. The fraction of sp³-hybridized carbons (Fsp3) is 0.353. The van der Waals surface area contributed by atoms with Crippen LogP contribution in [0.2, 0.25) is 0 Å². The van der Waals surface area contributed by atoms with Crippen molar-refractivity contribution < 1.29 is 27.8 Å². The number of carboxylic acids is 1. The minimum atomic E-state index is -3.75. The molecule has 1 aliphatic rings. The summed E-state index contributed by atoms with van der Waals surface area (Å²) < 4.78 is 40.5. The summed E-state index contributed by atoms with van der Waals surface area (Å²) in [5.41, 5.74) is 7.84. The average molecular weight is 603 g/mol. The van der Waals surface area contributed by atoms with Crippen LogP contribution in [-0.4, -0.2) is 42.9 Å². The number of benzene rings is 3. The standard InChI is InChI=1S/C34H38N2O6S/c1-18-9-10-23(17-19(18)2)26-20(3)27(24-11-12-25-29-22(14-16-41-25)13-15-35-31(24)29)28(21(4)30(26)36-43(8,39)40)32(33(37)38)42-34(5,6)7/h9-13,15,17,32,36H,14,16H2,1-8H3,(H,37,38). The van der Waals surface area contributed by atoms with E-state index >= 15 is 0 Å². The van der Waals surface area contributed by atoms with Crippen LogP contribution >= 0.6 is 0 Å². The molecule has 2 N–H and O–H groups in total. The van der Waals surface area contributed by atoms with Crippen molar-refractivity contribution in [3.8, 4) is 28.0 Å². The van der Waals surface area contributed by atoms with Gasteiger partial charge < -0.3 is 14.6 Å². The van der Waals surface area contributed by atoms with Crippen molar-refractivity contribution in [3.63, 3.8) is 0 Å². The molecule has 5 rings (SSSR count). The number of hydrogen-bond donors (Lipinski definition) is 2. The van der Waals surface area contributed by atoms with Crippen LogP contribution in [0.5, 0.6) is 5.75 Å². The Kier molecular flexibility index (Phi) is 7.77. The van der Waals surface area contributed by atoms with Crippen molar-refractivity contribution in [1.29, 1.82) is 0 Å². The number of ether oxygens (including phenoxy) is 2. The predicted molar refractivity (Wildman–Crippen MR) is 170 cm³/mol. The molecule has 4 aromatic rings. The smallest absolute Gasteiger partial charge is 0.337 e. The first kappa shape index (κ1) is 30.5. The van der Waals surface area contributed by atoms with Crippen LogP contribution in [-0.2, 0) is 26.0 Å². The third-order valence-electron chi connectivity index (χ3n) is 7.93. The second-order valence-electron chi connectivity index (χ2n) is 12.3. The van der Waals surface area contributed by atoms with Crippen molar-refractivity contribution in [2.75, 3.05) is 17.6 Å². The number of pyridine rings is 1. The van der Waals surface area contributed by atoms with Gasteiger partial charge in [-0.2, -0.15) is 0 Å². The number of carbonyl (C=O) groups is 1. The van der Waals surface area contributed by atoms with E-state index in [1.165, 1.54) is 0 Å². The molecule has 0 bridgehead atoms. The Hall–Kier alpha value is -3.95. The van der Waals surface area contributed by atoms with Crippen molar-refractivity contribution >= 4 is 32.6 Å². The lowest BCUT2D eigenvalue weighted by Crippen LogP contribution is -2.29. The van der Waals surface area contributed by atoms with E-state index in [4.69, 9.17) is 14.5 Å². The Bertz CT molecular complexity index is 1880. The Morgan fingerprint density at radius 3 is 2.37 bits per heavy atom. The average Bonchev–Trinajstić information content (AvgIpc) is 2.91. The Morgan fingerprint density at radius 2 is 1.74 bits per heavy atom. The monoisotopic (exact) mass is 602 g/mol. The summed E-state index contributed by atoms with van der Waals surface area (Å²) in [5.74, 6) is -0.448. The highest BCUT2D eigenvalue weighted by Gasteiger charge is 2.35. The highest BCUT2D eigenvalue weighted by atomic mass is 32.2. The zero-order valence-electron chi connectivity index (χ0n) is 25.9. The van der Waals surface area contributed by atoms with E-state index in [0.717, 1.165) is 51.6 Å². The van der Waals surface area contributed by atoms with Gasteiger partial charge in [-0.1, -0.05) is 18.2 Å². The lowest BCUT2D eigenvalue weighted by molar-refractivity contribution is -0.160. The summed E-state index contributed by atoms with van der Waals surface area (Å²) in [6.45, 7) is 13.6. The molecular weight excluding hydrogens is 564 g/mol. The molecule has 1 unspecified atom stereocenters. The van der Waals surface area contributed by atoms with Crippen LogP contribution in [0.15, 0.2) is 42.6 Å². The number of sulfonamides is 1. The van der Waals surface area contributed by atoms with Crippen LogP contribution in [0.1, 0.15) is 60.3 Å². The summed E-state index contributed by atoms with van der Waals surface area (Å²) in [4.78, 5) is 17.8. The first-order chi connectivity index (χ1) is 20.1. The minimum absolute atomic E-state index is 0.324. The molecule has 0 aliphatic carbocycles. The van der Waals surface area contributed by atoms with Crippen molar-refractivity contribution in [3.05, 3.63) is 76.0 Å². The third kappa shape index (κ3) is 5.84. The molecule has 9 heteroatoms. The maximum atomic E-state index is 13.0. The highest BCUT2D eigenvalue weighted by Crippen LogP contribution is 2.49. The quantitative estimate of drug-likeness (QED) is 0.233. The maximum Gasteiger partial charge on any atom is 0.337 e. The van der Waals surface area contributed by atoms with Gasteiger partial charge >= 0.3 is 5.97 Å². The molecule has 43 heavy (non-hydrogen) atoms. The molecule has 0 saturated heterocycles. The summed E-state index contributed by atoms with van der Waals surface area (Å²) in [6.07, 6.45) is 2.19. The molecule has 1 atom stereocenters. The second-order valence-corrected chi connectivity index (χ2v) is 14.1. The van der Waals surface area contributed by atoms with Gasteiger partial charge in [-0.05, 0) is 106 Å². The largest absolute Gasteiger partial charge is 0.493 e. The van der Waals surface area contributed by atoms with Gasteiger partial charge in [0.25, 0.3) is 0 Å². The molecular formula is C34H38N2O6S. The van der Waals surface area contributed by atoms with E-state index in [1.54, 1.807) is 33.9 Å². The summed E-state index contributed by atoms with van der Waals surface area (Å²) in [7, 11) is -3.75. The minimum Gasteiger partial charge on any atom is -0.493 e. The number of nitrogens with one attached hydrogen (secondary N) is 1. The van der Waals surface area contributed by atoms with E-state index in [-0.39, 0.29) is 0 Å². The fourth-order valence-corrected chi connectivity index (χ4v) is 6.59. The van der Waals surface area contributed by atoms with Gasteiger partial charge in [0, 0.05) is 34.7 Å². The molecule has 0 spiro atoms. The molecule has 1 aliphatic heterocycles. The summed E-state index contributed by atoms with van der Waals surface area (Å²) in [5, 5.41) is 11.5. The number of aromatic nitrogens is 1. The van der Waals surface area contributed by atoms with E-state index in [9.17, 15) is 18.3 Å². The third-order valence-corrected chi connectivity index (χ3v) is 8.50. The molecule has 1 aromatic heterocycles. The fourth-order valence-electron chi connectivity index (χ4n) is 5.96. The van der Waals surface area contributed by atoms with Gasteiger partial charge in [0.2, 0.25) is 10.0 Å². The van der Waals surface area contributed by atoms with Gasteiger partial charge in [0.1, 0.15) is 5.75 Å². The highest BCUT2D eigenvalue weighted by molar-refractivity contribution is 7.92. The van der Waals surface area contributed by atoms with E-state index in [0.29, 0.717) is 45.6 Å². The van der Waals surface area contributed by atoms with Gasteiger partial charge in [0.05, 0.1) is 29.7 Å². The number of aryl methyl sites for hydroxylation is 2. The molecule has 0 amide bonds. The van der Waals surface area contributed by atoms with E-state index in [1.807, 2.05) is 57.2 Å². The molecule has 226 valence electrons. The van der Waals surface area contributed by atoms with Gasteiger partial charge in [-0.15, -0.1) is 0 Å². The van der Waals surface area contributed by atoms with Crippen LogP contribution in [0.3, 0.4) is 0 Å². The lowest BCUT2D eigenvalue weighted by atomic mass is 9.81. The van der Waals surface area contributed by atoms with Crippen molar-refractivity contribution in [2.45, 2.75) is 66.6 Å². The summed E-state index contributed by atoms with van der Waals surface area (Å²) >= 11 is 0. The number of hydrogen-bond acceptors (Lipinski definition) is 6. The molecule has 0 fully saturated rings. The Morgan fingerprint density at radius 1 is 1.02 bits per heavy atom. The van der Waals surface area contributed by atoms with Crippen molar-refractivity contribution in [1.82, 2.24) is 4.98 Å². The SMILES string of the molecule is Cc1ccc(-c2c(C)c(-c3ccc4c5c(ccnc35)CCO4)c(C(OC(C)(C)C)C(=O)O)c(C)c2NS(C)(=O)=O)cc1C.